The van der Waals surface area contributed by atoms with Crippen LogP contribution in [0.25, 0.3) is 21.3 Å². The predicted molar refractivity (Wildman–Crippen MR) is 89.2 cm³/mol. The molecule has 3 aromatic rings. The largest absolute Gasteiger partial charge is 0.302 e. The number of pyridine rings is 1. The summed E-state index contributed by atoms with van der Waals surface area (Å²) in [5.74, 6) is -0.782. The van der Waals surface area contributed by atoms with E-state index in [1.165, 1.54) is 11.3 Å². The Balaban J connectivity index is 1.64. The molecule has 2 atom stereocenters. The molecule has 2 heterocycles. The van der Waals surface area contributed by atoms with Gasteiger partial charge in [-0.25, -0.2) is 9.37 Å². The Morgan fingerprint density at radius 3 is 2.96 bits per heavy atom. The Kier molecular flexibility index (Phi) is 3.34. The zero-order valence-electron chi connectivity index (χ0n) is 12.4. The van der Waals surface area contributed by atoms with Crippen molar-refractivity contribution in [2.75, 3.05) is 5.32 Å². The quantitative estimate of drug-likeness (QED) is 0.792. The molecule has 1 aromatic carbocycles. The first-order valence-electron chi connectivity index (χ1n) is 7.38. The molecule has 0 saturated heterocycles. The maximum atomic E-state index is 12.9. The average Bonchev–Trinajstić information content (AvgIpc) is 3.13. The molecule has 1 aliphatic carbocycles. The van der Waals surface area contributed by atoms with E-state index in [1.54, 1.807) is 6.20 Å². The molecule has 116 valence electrons. The predicted octanol–water partition coefficient (Wildman–Crippen LogP) is 3.96. The van der Waals surface area contributed by atoms with Crippen molar-refractivity contribution in [2.45, 2.75) is 19.5 Å². The van der Waals surface area contributed by atoms with E-state index < -0.39 is 12.1 Å². The van der Waals surface area contributed by atoms with Gasteiger partial charge in [-0.05, 0) is 42.7 Å². The van der Waals surface area contributed by atoms with E-state index in [-0.39, 0.29) is 5.91 Å². The number of nitrogens with zero attached hydrogens (tertiary/aromatic N) is 2. The SMILES string of the molecule is Cc1ccncc1-c1ccc2sc(NC(=O)[C@@H]3C[C@@H]3F)nc2c1. The van der Waals surface area contributed by atoms with Crippen LogP contribution >= 0.6 is 11.3 Å². The molecular formula is C17H14FN3OS. The summed E-state index contributed by atoms with van der Waals surface area (Å²) in [6, 6.07) is 7.96. The number of aryl methyl sites for hydroxylation is 1. The number of carbonyl (C=O) groups is 1. The third-order valence-corrected chi connectivity index (χ3v) is 4.97. The summed E-state index contributed by atoms with van der Waals surface area (Å²) in [6.07, 6.45) is 2.93. The van der Waals surface area contributed by atoms with Gasteiger partial charge < -0.3 is 5.32 Å². The highest BCUT2D eigenvalue weighted by Crippen LogP contribution is 2.36. The molecule has 0 aliphatic heterocycles. The van der Waals surface area contributed by atoms with Crippen LogP contribution in [0.3, 0.4) is 0 Å². The van der Waals surface area contributed by atoms with Gasteiger partial charge in [0, 0.05) is 18.0 Å². The van der Waals surface area contributed by atoms with Gasteiger partial charge in [0.05, 0.1) is 16.1 Å². The number of nitrogens with one attached hydrogen (secondary N) is 1. The molecule has 0 unspecified atom stereocenters. The molecule has 0 spiro atoms. The first-order chi connectivity index (χ1) is 11.1. The number of fused-ring (bicyclic) bond motifs is 1. The number of rotatable bonds is 3. The highest BCUT2D eigenvalue weighted by atomic mass is 32.1. The van der Waals surface area contributed by atoms with E-state index in [9.17, 15) is 9.18 Å². The normalized spacial score (nSPS) is 19.7. The number of thiazole rings is 1. The molecular weight excluding hydrogens is 313 g/mol. The van der Waals surface area contributed by atoms with E-state index in [0.29, 0.717) is 11.6 Å². The Bertz CT molecular complexity index is 908. The van der Waals surface area contributed by atoms with Gasteiger partial charge in [-0.3, -0.25) is 9.78 Å². The van der Waals surface area contributed by atoms with E-state index >= 15 is 0 Å². The second-order valence-electron chi connectivity index (χ2n) is 5.74. The van der Waals surface area contributed by atoms with Crippen LogP contribution in [-0.2, 0) is 4.79 Å². The minimum atomic E-state index is -0.996. The minimum absolute atomic E-state index is 0.278. The van der Waals surface area contributed by atoms with Crippen molar-refractivity contribution >= 4 is 32.6 Å². The standard InChI is InChI=1S/C17H14FN3OS/c1-9-4-5-19-8-12(9)10-2-3-15-14(6-10)20-17(23-15)21-16(22)11-7-13(11)18/h2-6,8,11,13H,7H2,1H3,(H,20,21,22)/t11-,13+/m1/s1. The molecule has 4 rings (SSSR count). The summed E-state index contributed by atoms with van der Waals surface area (Å²) in [6.45, 7) is 2.04. The molecule has 1 amide bonds. The number of alkyl halides is 1. The van der Waals surface area contributed by atoms with Gasteiger partial charge in [0.1, 0.15) is 6.17 Å². The highest BCUT2D eigenvalue weighted by molar-refractivity contribution is 7.22. The number of benzene rings is 1. The van der Waals surface area contributed by atoms with Gasteiger partial charge in [-0.15, -0.1) is 0 Å². The summed E-state index contributed by atoms with van der Waals surface area (Å²) >= 11 is 1.40. The van der Waals surface area contributed by atoms with Crippen LogP contribution in [0.2, 0.25) is 0 Å². The fraction of sp³-hybridized carbons (Fsp3) is 0.235. The first-order valence-corrected chi connectivity index (χ1v) is 8.20. The smallest absolute Gasteiger partial charge is 0.232 e. The number of anilines is 1. The second-order valence-corrected chi connectivity index (χ2v) is 6.77. The fourth-order valence-corrected chi connectivity index (χ4v) is 3.40. The third kappa shape index (κ3) is 2.70. The van der Waals surface area contributed by atoms with Gasteiger partial charge in [0.25, 0.3) is 0 Å². The lowest BCUT2D eigenvalue weighted by atomic mass is 10.0. The topological polar surface area (TPSA) is 54.9 Å². The van der Waals surface area contributed by atoms with Gasteiger partial charge >= 0.3 is 0 Å². The van der Waals surface area contributed by atoms with E-state index in [0.717, 1.165) is 26.9 Å². The van der Waals surface area contributed by atoms with Crippen LogP contribution in [-0.4, -0.2) is 22.0 Å². The molecule has 4 nitrogen and oxygen atoms in total. The van der Waals surface area contributed by atoms with Crippen molar-refractivity contribution in [3.8, 4) is 11.1 Å². The first kappa shape index (κ1) is 14.3. The Morgan fingerprint density at radius 2 is 2.22 bits per heavy atom. The number of hydrogen-bond acceptors (Lipinski definition) is 4. The van der Waals surface area contributed by atoms with E-state index in [2.05, 4.69) is 15.3 Å². The summed E-state index contributed by atoms with van der Waals surface area (Å²) in [5.41, 5.74) is 4.06. The molecule has 0 radical (unpaired) electrons. The van der Waals surface area contributed by atoms with E-state index in [4.69, 9.17) is 0 Å². The maximum absolute atomic E-state index is 12.9. The van der Waals surface area contributed by atoms with Crippen molar-refractivity contribution in [3.63, 3.8) is 0 Å². The molecule has 1 aliphatic rings. The fourth-order valence-electron chi connectivity index (χ4n) is 2.55. The van der Waals surface area contributed by atoms with Crippen LogP contribution in [0.5, 0.6) is 0 Å². The molecule has 1 fully saturated rings. The van der Waals surface area contributed by atoms with Gasteiger partial charge in [-0.2, -0.15) is 0 Å². The lowest BCUT2D eigenvalue weighted by Gasteiger charge is -2.04. The lowest BCUT2D eigenvalue weighted by Crippen LogP contribution is -2.14. The molecule has 2 aromatic heterocycles. The van der Waals surface area contributed by atoms with Gasteiger partial charge in [0.15, 0.2) is 5.13 Å². The lowest BCUT2D eigenvalue weighted by molar-refractivity contribution is -0.117. The molecule has 1 saturated carbocycles. The summed E-state index contributed by atoms with van der Waals surface area (Å²) in [7, 11) is 0. The second kappa shape index (κ2) is 5.38. The minimum Gasteiger partial charge on any atom is -0.302 e. The van der Waals surface area contributed by atoms with Crippen LogP contribution in [0.1, 0.15) is 12.0 Å². The zero-order valence-corrected chi connectivity index (χ0v) is 13.2. The van der Waals surface area contributed by atoms with Crippen molar-refractivity contribution in [3.05, 3.63) is 42.2 Å². The summed E-state index contributed by atoms with van der Waals surface area (Å²) in [5, 5.41) is 3.23. The highest BCUT2D eigenvalue weighted by Gasteiger charge is 2.43. The van der Waals surface area contributed by atoms with Crippen molar-refractivity contribution in [2.24, 2.45) is 5.92 Å². The summed E-state index contributed by atoms with van der Waals surface area (Å²) < 4.78 is 13.9. The van der Waals surface area contributed by atoms with Gasteiger partial charge in [-0.1, -0.05) is 17.4 Å². The van der Waals surface area contributed by atoms with Crippen LogP contribution in [0, 0.1) is 12.8 Å². The molecule has 1 N–H and O–H groups in total. The van der Waals surface area contributed by atoms with Crippen LogP contribution in [0.4, 0.5) is 9.52 Å². The number of carbonyl (C=O) groups excluding carboxylic acids is 1. The Morgan fingerprint density at radius 1 is 1.39 bits per heavy atom. The molecule has 23 heavy (non-hydrogen) atoms. The Labute approximate surface area is 136 Å². The van der Waals surface area contributed by atoms with Crippen molar-refractivity contribution in [1.29, 1.82) is 0 Å². The number of halogens is 1. The Hall–Kier alpha value is -2.34. The van der Waals surface area contributed by atoms with E-state index in [1.807, 2.05) is 37.4 Å². The number of hydrogen-bond donors (Lipinski definition) is 1. The monoisotopic (exact) mass is 327 g/mol. The number of amides is 1. The number of aromatic nitrogens is 2. The van der Waals surface area contributed by atoms with Crippen molar-refractivity contribution in [1.82, 2.24) is 9.97 Å². The summed E-state index contributed by atoms with van der Waals surface area (Å²) in [4.78, 5) is 20.4. The average molecular weight is 327 g/mol. The van der Waals surface area contributed by atoms with Crippen LogP contribution < -0.4 is 5.32 Å². The molecule has 6 heteroatoms. The van der Waals surface area contributed by atoms with Crippen molar-refractivity contribution < 1.29 is 9.18 Å². The maximum Gasteiger partial charge on any atom is 0.232 e. The molecule has 0 bridgehead atoms. The third-order valence-electron chi connectivity index (χ3n) is 4.02. The van der Waals surface area contributed by atoms with Gasteiger partial charge in [0.2, 0.25) is 5.91 Å². The zero-order chi connectivity index (χ0) is 16.0. The van der Waals surface area contributed by atoms with Crippen LogP contribution in [0.15, 0.2) is 36.7 Å².